The fourth-order valence-electron chi connectivity index (χ4n) is 1.90. The van der Waals surface area contributed by atoms with Gasteiger partial charge in [0, 0.05) is 11.4 Å². The molecule has 0 aliphatic heterocycles. The lowest BCUT2D eigenvalue weighted by atomic mass is 10.1. The molecule has 100 valence electrons. The predicted octanol–water partition coefficient (Wildman–Crippen LogP) is 3.78. The van der Waals surface area contributed by atoms with Gasteiger partial charge in [0.1, 0.15) is 11.6 Å². The van der Waals surface area contributed by atoms with Gasteiger partial charge >= 0.3 is 0 Å². The van der Waals surface area contributed by atoms with E-state index >= 15 is 0 Å². The lowest BCUT2D eigenvalue weighted by Crippen LogP contribution is -1.98. The molecule has 0 aromatic heterocycles. The molecule has 0 unspecified atom stereocenters. The maximum Gasteiger partial charge on any atom is 0.148 e. The molecule has 0 atom stereocenters. The van der Waals surface area contributed by atoms with Gasteiger partial charge in [-0.15, -0.1) is 0 Å². The Morgan fingerprint density at radius 3 is 2.47 bits per heavy atom. The van der Waals surface area contributed by atoms with Crippen LogP contribution in [0, 0.1) is 19.7 Å². The van der Waals surface area contributed by atoms with Crippen LogP contribution in [-0.4, -0.2) is 7.11 Å². The molecule has 0 saturated carbocycles. The van der Waals surface area contributed by atoms with E-state index in [1.807, 2.05) is 26.0 Å². The molecule has 3 N–H and O–H groups in total. The first kappa shape index (κ1) is 13.2. The third-order valence-electron chi connectivity index (χ3n) is 3.02. The third kappa shape index (κ3) is 2.78. The van der Waals surface area contributed by atoms with Crippen molar-refractivity contribution in [2.45, 2.75) is 13.8 Å². The quantitative estimate of drug-likeness (QED) is 0.826. The van der Waals surface area contributed by atoms with Gasteiger partial charge in [0.05, 0.1) is 12.8 Å². The number of anilines is 3. The van der Waals surface area contributed by atoms with Gasteiger partial charge in [0.2, 0.25) is 0 Å². The van der Waals surface area contributed by atoms with E-state index in [1.165, 1.54) is 6.07 Å². The number of aryl methyl sites for hydroxylation is 2. The van der Waals surface area contributed by atoms with Crippen LogP contribution in [0.2, 0.25) is 0 Å². The van der Waals surface area contributed by atoms with E-state index in [2.05, 4.69) is 5.32 Å². The van der Waals surface area contributed by atoms with E-state index in [0.29, 0.717) is 5.69 Å². The smallest absolute Gasteiger partial charge is 0.148 e. The summed E-state index contributed by atoms with van der Waals surface area (Å²) in [5.74, 6) is 0.416. The zero-order valence-corrected chi connectivity index (χ0v) is 11.3. The molecule has 2 rings (SSSR count). The second-order valence-corrected chi connectivity index (χ2v) is 4.50. The van der Waals surface area contributed by atoms with Crippen molar-refractivity contribution in [3.05, 3.63) is 47.3 Å². The minimum atomic E-state index is -0.423. The minimum absolute atomic E-state index is 0.146. The second-order valence-electron chi connectivity index (χ2n) is 4.50. The highest BCUT2D eigenvalue weighted by Gasteiger charge is 2.06. The van der Waals surface area contributed by atoms with Crippen molar-refractivity contribution >= 4 is 17.1 Å². The van der Waals surface area contributed by atoms with Crippen LogP contribution in [0.4, 0.5) is 21.5 Å². The highest BCUT2D eigenvalue weighted by molar-refractivity contribution is 5.67. The molecule has 0 aliphatic carbocycles. The Labute approximate surface area is 112 Å². The van der Waals surface area contributed by atoms with Gasteiger partial charge in [-0.2, -0.15) is 0 Å². The first-order chi connectivity index (χ1) is 9.01. The number of hydrogen-bond donors (Lipinski definition) is 2. The SMILES string of the molecule is COc1cc(C)c(Nc2ccc(N)c(F)c2)cc1C. The molecular weight excluding hydrogens is 243 g/mol. The van der Waals surface area contributed by atoms with E-state index in [-0.39, 0.29) is 5.69 Å². The molecule has 0 fully saturated rings. The molecule has 0 aliphatic rings. The Hall–Kier alpha value is -2.23. The summed E-state index contributed by atoms with van der Waals surface area (Å²) in [4.78, 5) is 0. The van der Waals surface area contributed by atoms with Crippen LogP contribution in [0.15, 0.2) is 30.3 Å². The van der Waals surface area contributed by atoms with Crippen molar-refractivity contribution in [2.24, 2.45) is 0 Å². The molecule has 19 heavy (non-hydrogen) atoms. The number of halogens is 1. The van der Waals surface area contributed by atoms with E-state index in [1.54, 1.807) is 19.2 Å². The van der Waals surface area contributed by atoms with Crippen LogP contribution in [0.1, 0.15) is 11.1 Å². The summed E-state index contributed by atoms with van der Waals surface area (Å²) in [6.45, 7) is 3.94. The fourth-order valence-corrected chi connectivity index (χ4v) is 1.90. The number of nitrogens with one attached hydrogen (secondary N) is 1. The summed E-state index contributed by atoms with van der Waals surface area (Å²) in [6.07, 6.45) is 0. The summed E-state index contributed by atoms with van der Waals surface area (Å²) in [6, 6.07) is 8.60. The molecule has 4 heteroatoms. The van der Waals surface area contributed by atoms with E-state index in [0.717, 1.165) is 22.6 Å². The number of nitrogens with two attached hydrogens (primary N) is 1. The van der Waals surface area contributed by atoms with E-state index in [4.69, 9.17) is 10.5 Å². The monoisotopic (exact) mass is 260 g/mol. The Bertz CT molecular complexity index is 611. The Morgan fingerprint density at radius 2 is 1.84 bits per heavy atom. The molecule has 2 aromatic rings. The largest absolute Gasteiger partial charge is 0.496 e. The van der Waals surface area contributed by atoms with Crippen LogP contribution < -0.4 is 15.8 Å². The Balaban J connectivity index is 2.32. The highest BCUT2D eigenvalue weighted by Crippen LogP contribution is 2.29. The predicted molar refractivity (Wildman–Crippen MR) is 76.6 cm³/mol. The fraction of sp³-hybridized carbons (Fsp3) is 0.200. The molecule has 0 heterocycles. The van der Waals surface area contributed by atoms with Gasteiger partial charge in [-0.3, -0.25) is 0 Å². The molecule has 0 saturated heterocycles. The van der Waals surface area contributed by atoms with Crippen LogP contribution >= 0.6 is 0 Å². The maximum atomic E-state index is 13.4. The zero-order chi connectivity index (χ0) is 14.0. The molecule has 2 aromatic carbocycles. The van der Waals surface area contributed by atoms with Crippen LogP contribution in [0.5, 0.6) is 5.75 Å². The Kier molecular flexibility index (Phi) is 3.60. The molecule has 0 bridgehead atoms. The van der Waals surface area contributed by atoms with Crippen molar-refractivity contribution in [2.75, 3.05) is 18.2 Å². The normalized spacial score (nSPS) is 10.3. The molecule has 3 nitrogen and oxygen atoms in total. The summed E-state index contributed by atoms with van der Waals surface area (Å²) in [7, 11) is 1.64. The minimum Gasteiger partial charge on any atom is -0.496 e. The molecule has 0 radical (unpaired) electrons. The standard InChI is InChI=1S/C15H17FN2O/c1-9-7-15(19-3)10(2)6-14(9)18-11-4-5-13(17)12(16)8-11/h4-8,18H,17H2,1-3H3. The summed E-state index contributed by atoms with van der Waals surface area (Å²) in [5, 5.41) is 3.18. The van der Waals surface area contributed by atoms with Gasteiger partial charge in [0.25, 0.3) is 0 Å². The molecular formula is C15H17FN2O. The summed E-state index contributed by atoms with van der Waals surface area (Å²) >= 11 is 0. The zero-order valence-electron chi connectivity index (χ0n) is 11.3. The van der Waals surface area contributed by atoms with Crippen LogP contribution in [-0.2, 0) is 0 Å². The maximum absolute atomic E-state index is 13.4. The van der Waals surface area contributed by atoms with Crippen molar-refractivity contribution in [1.82, 2.24) is 0 Å². The van der Waals surface area contributed by atoms with Gasteiger partial charge in [-0.1, -0.05) is 0 Å². The molecule has 0 spiro atoms. The van der Waals surface area contributed by atoms with E-state index < -0.39 is 5.82 Å². The number of benzene rings is 2. The number of nitrogen functional groups attached to an aromatic ring is 1. The lowest BCUT2D eigenvalue weighted by molar-refractivity contribution is 0.411. The average molecular weight is 260 g/mol. The topological polar surface area (TPSA) is 47.3 Å². The third-order valence-corrected chi connectivity index (χ3v) is 3.02. The number of rotatable bonds is 3. The average Bonchev–Trinajstić information content (AvgIpc) is 2.38. The summed E-state index contributed by atoms with van der Waals surface area (Å²) < 4.78 is 18.7. The summed E-state index contributed by atoms with van der Waals surface area (Å²) in [5.41, 5.74) is 9.23. The van der Waals surface area contributed by atoms with Gasteiger partial charge in [-0.25, -0.2) is 4.39 Å². The highest BCUT2D eigenvalue weighted by atomic mass is 19.1. The van der Waals surface area contributed by atoms with Gasteiger partial charge in [-0.05, 0) is 55.3 Å². The van der Waals surface area contributed by atoms with E-state index in [9.17, 15) is 4.39 Å². The van der Waals surface area contributed by atoms with Crippen LogP contribution in [0.25, 0.3) is 0 Å². The number of methoxy groups -OCH3 is 1. The Morgan fingerprint density at radius 1 is 1.11 bits per heavy atom. The first-order valence-corrected chi connectivity index (χ1v) is 5.98. The number of ether oxygens (including phenoxy) is 1. The molecule has 0 amide bonds. The van der Waals surface area contributed by atoms with Crippen molar-refractivity contribution in [1.29, 1.82) is 0 Å². The number of hydrogen-bond acceptors (Lipinski definition) is 3. The van der Waals surface area contributed by atoms with Crippen molar-refractivity contribution in [3.63, 3.8) is 0 Å². The van der Waals surface area contributed by atoms with Gasteiger partial charge < -0.3 is 15.8 Å². The van der Waals surface area contributed by atoms with Crippen molar-refractivity contribution < 1.29 is 9.13 Å². The second kappa shape index (κ2) is 5.18. The lowest BCUT2D eigenvalue weighted by Gasteiger charge is -2.13. The van der Waals surface area contributed by atoms with Crippen LogP contribution in [0.3, 0.4) is 0 Å². The van der Waals surface area contributed by atoms with Gasteiger partial charge in [0.15, 0.2) is 0 Å². The first-order valence-electron chi connectivity index (χ1n) is 5.98. The van der Waals surface area contributed by atoms with Crippen molar-refractivity contribution in [3.8, 4) is 5.75 Å².